The van der Waals surface area contributed by atoms with Crippen LogP contribution in [0.25, 0.3) is 0 Å². The molecule has 8 nitrogen and oxygen atoms in total. The normalized spacial score (nSPS) is 14.1. The van der Waals surface area contributed by atoms with E-state index in [0.717, 1.165) is 5.56 Å². The third kappa shape index (κ3) is 5.98. The highest BCUT2D eigenvalue weighted by molar-refractivity contribution is 6.01. The summed E-state index contributed by atoms with van der Waals surface area (Å²) in [5.41, 5.74) is 1.08. The van der Waals surface area contributed by atoms with Crippen molar-refractivity contribution < 1.29 is 33.4 Å². The Hall–Kier alpha value is -2.45. The molecule has 0 aromatic heterocycles. The van der Waals surface area contributed by atoms with Crippen LogP contribution in [0.1, 0.15) is 18.4 Å². The zero-order valence-corrected chi connectivity index (χ0v) is 13.1. The molecular weight excluding hydrogens is 318 g/mol. The highest BCUT2D eigenvalue weighted by Gasteiger charge is 2.33. The fourth-order valence-corrected chi connectivity index (χ4v) is 1.93. The Morgan fingerprint density at radius 3 is 2.25 bits per heavy atom. The van der Waals surface area contributed by atoms with Gasteiger partial charge in [0.25, 0.3) is 11.8 Å². The molecule has 24 heavy (non-hydrogen) atoms. The molecule has 1 aliphatic rings. The minimum atomic E-state index is -1.11. The Morgan fingerprint density at radius 1 is 0.917 bits per heavy atom. The van der Waals surface area contributed by atoms with Crippen LogP contribution < -0.4 is 0 Å². The van der Waals surface area contributed by atoms with Gasteiger partial charge in [0.15, 0.2) is 0 Å². The van der Waals surface area contributed by atoms with Crippen LogP contribution in [0, 0.1) is 0 Å². The molecule has 1 aliphatic heterocycles. The van der Waals surface area contributed by atoms with E-state index in [-0.39, 0.29) is 26.1 Å². The van der Waals surface area contributed by atoms with E-state index in [4.69, 9.17) is 14.2 Å². The Labute approximate surface area is 139 Å². The predicted octanol–water partition coefficient (Wildman–Crippen LogP) is 1.44. The van der Waals surface area contributed by atoms with Crippen LogP contribution in [0.15, 0.2) is 30.3 Å². The molecule has 1 aromatic rings. The minimum absolute atomic E-state index is 0.0399. The van der Waals surface area contributed by atoms with Crippen molar-refractivity contribution in [1.82, 2.24) is 5.06 Å². The lowest BCUT2D eigenvalue weighted by molar-refractivity contribution is -0.177. The van der Waals surface area contributed by atoms with E-state index in [2.05, 4.69) is 4.84 Å². The van der Waals surface area contributed by atoms with Gasteiger partial charge in [-0.2, -0.15) is 0 Å². The average Bonchev–Trinajstić information content (AvgIpc) is 2.90. The third-order valence-electron chi connectivity index (χ3n) is 3.10. The Morgan fingerprint density at radius 2 is 1.54 bits per heavy atom. The number of hydroxylamine groups is 2. The number of nitrogens with zero attached hydrogens (tertiary/aromatic N) is 1. The lowest BCUT2D eigenvalue weighted by Gasteiger charge is -2.12. The number of ether oxygens (including phenoxy) is 3. The highest BCUT2D eigenvalue weighted by atomic mass is 16.8. The molecule has 2 amide bonds. The zero-order valence-electron chi connectivity index (χ0n) is 13.1. The Bertz CT molecular complexity index is 545. The fourth-order valence-electron chi connectivity index (χ4n) is 1.93. The molecule has 0 aliphatic carbocycles. The molecule has 0 saturated carbocycles. The second-order valence-corrected chi connectivity index (χ2v) is 4.92. The number of carbonyl (C=O) groups excluding carboxylic acids is 3. The highest BCUT2D eigenvalue weighted by Crippen LogP contribution is 2.12. The van der Waals surface area contributed by atoms with Crippen LogP contribution >= 0.6 is 0 Å². The summed E-state index contributed by atoms with van der Waals surface area (Å²) in [6, 6.07) is 9.75. The van der Waals surface area contributed by atoms with E-state index in [1.54, 1.807) is 0 Å². The lowest BCUT2D eigenvalue weighted by atomic mass is 10.2. The molecule has 0 bridgehead atoms. The van der Waals surface area contributed by atoms with Crippen LogP contribution in [0.4, 0.5) is 4.79 Å². The first kappa shape index (κ1) is 17.9. The minimum Gasteiger partial charge on any atom is -0.430 e. The summed E-state index contributed by atoms with van der Waals surface area (Å²) in [5, 5.41) is 0.431. The van der Waals surface area contributed by atoms with Crippen LogP contribution in [0.2, 0.25) is 0 Å². The first-order chi connectivity index (χ1) is 11.7. The van der Waals surface area contributed by atoms with Crippen molar-refractivity contribution in [2.24, 2.45) is 0 Å². The van der Waals surface area contributed by atoms with E-state index in [1.165, 1.54) is 0 Å². The molecular formula is C16H19NO7. The summed E-state index contributed by atoms with van der Waals surface area (Å²) in [4.78, 5) is 38.3. The summed E-state index contributed by atoms with van der Waals surface area (Å²) in [6.07, 6.45) is -1.03. The number of hydrogen-bond donors (Lipinski definition) is 0. The fraction of sp³-hybridized carbons (Fsp3) is 0.438. The average molecular weight is 337 g/mol. The number of amides is 2. The number of benzene rings is 1. The van der Waals surface area contributed by atoms with Gasteiger partial charge in [-0.05, 0) is 5.56 Å². The van der Waals surface area contributed by atoms with Crippen molar-refractivity contribution in [3.63, 3.8) is 0 Å². The van der Waals surface area contributed by atoms with E-state index in [9.17, 15) is 14.4 Å². The number of imide groups is 1. The van der Waals surface area contributed by atoms with Crippen LogP contribution in [0.3, 0.4) is 0 Å². The molecule has 0 N–H and O–H groups in total. The maximum Gasteiger partial charge on any atom is 0.534 e. The van der Waals surface area contributed by atoms with Crippen molar-refractivity contribution in [2.45, 2.75) is 19.4 Å². The van der Waals surface area contributed by atoms with E-state index >= 15 is 0 Å². The summed E-state index contributed by atoms with van der Waals surface area (Å²) in [6.45, 7) is 1.38. The number of rotatable bonds is 9. The topological polar surface area (TPSA) is 91.4 Å². The third-order valence-corrected chi connectivity index (χ3v) is 3.10. The molecule has 1 fully saturated rings. The maximum atomic E-state index is 11.3. The van der Waals surface area contributed by atoms with Gasteiger partial charge in [0.2, 0.25) is 0 Å². The largest absolute Gasteiger partial charge is 0.534 e. The van der Waals surface area contributed by atoms with Crippen molar-refractivity contribution in [3.05, 3.63) is 35.9 Å². The number of carbonyl (C=O) groups is 3. The molecule has 1 aromatic carbocycles. The van der Waals surface area contributed by atoms with E-state index in [1.807, 2.05) is 30.3 Å². The summed E-state index contributed by atoms with van der Waals surface area (Å²) in [5.74, 6) is -1.10. The SMILES string of the molecule is O=C(OCCOCCOCc1ccccc1)ON1C(=O)CCC1=O. The monoisotopic (exact) mass is 337 g/mol. The molecule has 0 spiro atoms. The molecule has 8 heteroatoms. The second kappa shape index (κ2) is 9.64. The molecule has 1 heterocycles. The van der Waals surface area contributed by atoms with Crippen molar-refractivity contribution in [2.75, 3.05) is 26.4 Å². The van der Waals surface area contributed by atoms with Gasteiger partial charge in [0.1, 0.15) is 6.61 Å². The standard InChI is InChI=1S/C16H19NO7/c18-14-6-7-15(19)17(14)24-16(20)23-11-10-21-8-9-22-12-13-4-2-1-3-5-13/h1-5H,6-12H2. The van der Waals surface area contributed by atoms with Gasteiger partial charge in [0.05, 0.1) is 26.4 Å². The first-order valence-corrected chi connectivity index (χ1v) is 7.57. The van der Waals surface area contributed by atoms with E-state index < -0.39 is 18.0 Å². The van der Waals surface area contributed by atoms with Crippen molar-refractivity contribution >= 4 is 18.0 Å². The maximum absolute atomic E-state index is 11.3. The van der Waals surface area contributed by atoms with Crippen LogP contribution in [-0.4, -0.2) is 49.5 Å². The van der Waals surface area contributed by atoms with Gasteiger partial charge in [-0.1, -0.05) is 35.4 Å². The number of hydrogen-bond acceptors (Lipinski definition) is 7. The molecule has 1 saturated heterocycles. The summed E-state index contributed by atoms with van der Waals surface area (Å²) in [7, 11) is 0. The van der Waals surface area contributed by atoms with Gasteiger partial charge in [-0.3, -0.25) is 14.4 Å². The van der Waals surface area contributed by atoms with Gasteiger partial charge < -0.3 is 14.2 Å². The van der Waals surface area contributed by atoms with Crippen LogP contribution in [-0.2, 0) is 35.2 Å². The Kier molecular flexibility index (Phi) is 7.19. The lowest BCUT2D eigenvalue weighted by Crippen LogP contribution is -2.32. The molecule has 0 unspecified atom stereocenters. The molecule has 0 radical (unpaired) electrons. The Balaban J connectivity index is 1.45. The summed E-state index contributed by atoms with van der Waals surface area (Å²) < 4.78 is 15.4. The molecule has 130 valence electrons. The zero-order chi connectivity index (χ0) is 17.2. The van der Waals surface area contributed by atoms with Crippen molar-refractivity contribution in [3.8, 4) is 0 Å². The summed E-state index contributed by atoms with van der Waals surface area (Å²) >= 11 is 0. The van der Waals surface area contributed by atoms with E-state index in [0.29, 0.717) is 24.9 Å². The smallest absolute Gasteiger partial charge is 0.430 e. The second-order valence-electron chi connectivity index (χ2n) is 4.92. The van der Waals surface area contributed by atoms with Gasteiger partial charge in [0, 0.05) is 12.8 Å². The quantitative estimate of drug-likeness (QED) is 0.382. The van der Waals surface area contributed by atoms with Crippen LogP contribution in [0.5, 0.6) is 0 Å². The predicted molar refractivity (Wildman–Crippen MR) is 80.4 cm³/mol. The first-order valence-electron chi connectivity index (χ1n) is 7.57. The van der Waals surface area contributed by atoms with Gasteiger partial charge in [-0.15, -0.1) is 0 Å². The van der Waals surface area contributed by atoms with Crippen molar-refractivity contribution in [1.29, 1.82) is 0 Å². The van der Waals surface area contributed by atoms with Gasteiger partial charge >= 0.3 is 6.16 Å². The molecule has 0 atom stereocenters. The molecule has 2 rings (SSSR count). The van der Waals surface area contributed by atoms with Gasteiger partial charge in [-0.25, -0.2) is 4.79 Å².